The number of carbonyl (C=O) groups is 1. The van der Waals surface area contributed by atoms with E-state index in [4.69, 9.17) is 9.84 Å². The average molecular weight is 305 g/mol. The first-order valence-corrected chi connectivity index (χ1v) is 7.74. The van der Waals surface area contributed by atoms with Crippen molar-refractivity contribution in [2.45, 2.75) is 32.8 Å². The molecule has 1 aromatic heterocycles. The Labute approximate surface area is 128 Å². The van der Waals surface area contributed by atoms with Gasteiger partial charge in [-0.3, -0.25) is 4.79 Å². The normalized spacial score (nSPS) is 12.3. The van der Waals surface area contributed by atoms with E-state index in [2.05, 4.69) is 4.98 Å². The van der Waals surface area contributed by atoms with Crippen molar-refractivity contribution in [3.05, 3.63) is 51.5 Å². The molecule has 112 valence electrons. The van der Waals surface area contributed by atoms with E-state index in [1.54, 1.807) is 18.3 Å². The van der Waals surface area contributed by atoms with Crippen LogP contribution in [-0.4, -0.2) is 22.7 Å². The number of hydrogen-bond donors (Lipinski definition) is 1. The fraction of sp³-hybridized carbons (Fsp3) is 0.375. The summed E-state index contributed by atoms with van der Waals surface area (Å²) in [5, 5.41) is 8.96. The second-order valence-electron chi connectivity index (χ2n) is 4.97. The monoisotopic (exact) mass is 305 g/mol. The highest BCUT2D eigenvalue weighted by atomic mass is 32.1. The number of aromatic nitrogens is 1. The van der Waals surface area contributed by atoms with Crippen molar-refractivity contribution in [3.8, 4) is 0 Å². The van der Waals surface area contributed by atoms with Crippen LogP contribution in [0.3, 0.4) is 0 Å². The zero-order valence-electron chi connectivity index (χ0n) is 12.2. The van der Waals surface area contributed by atoms with E-state index in [1.165, 1.54) is 4.88 Å². The summed E-state index contributed by atoms with van der Waals surface area (Å²) < 4.78 is 5.66. The topological polar surface area (TPSA) is 59.4 Å². The molecule has 0 aliphatic heterocycles. The van der Waals surface area contributed by atoms with Crippen molar-refractivity contribution < 1.29 is 14.6 Å². The lowest BCUT2D eigenvalue weighted by Gasteiger charge is -2.08. The Morgan fingerprint density at radius 3 is 2.67 bits per heavy atom. The van der Waals surface area contributed by atoms with Crippen molar-refractivity contribution in [2.24, 2.45) is 0 Å². The van der Waals surface area contributed by atoms with E-state index in [1.807, 2.05) is 36.7 Å². The van der Waals surface area contributed by atoms with Crippen LogP contribution in [0.2, 0.25) is 0 Å². The summed E-state index contributed by atoms with van der Waals surface area (Å²) in [6, 6.07) is 7.55. The van der Waals surface area contributed by atoms with Gasteiger partial charge in [0, 0.05) is 11.3 Å². The number of ether oxygens (including phenoxy) is 1. The number of aliphatic carboxylic acids is 1. The molecule has 1 heterocycles. The highest BCUT2D eigenvalue weighted by Gasteiger charge is 2.12. The molecule has 5 heteroatoms. The van der Waals surface area contributed by atoms with E-state index in [0.717, 1.165) is 23.2 Å². The number of hydrogen-bond acceptors (Lipinski definition) is 4. The molecule has 4 nitrogen and oxygen atoms in total. The Kier molecular flexibility index (Phi) is 5.47. The van der Waals surface area contributed by atoms with Gasteiger partial charge in [0.05, 0.1) is 30.3 Å². The molecule has 21 heavy (non-hydrogen) atoms. The fourth-order valence-corrected chi connectivity index (χ4v) is 2.73. The maximum atomic E-state index is 10.9. The minimum Gasteiger partial charge on any atom is -0.481 e. The third-order valence-corrected chi connectivity index (χ3v) is 4.43. The molecular weight excluding hydrogens is 286 g/mol. The Bertz CT molecular complexity index is 592. The Hall–Kier alpha value is -1.72. The van der Waals surface area contributed by atoms with Crippen LogP contribution < -0.4 is 0 Å². The van der Waals surface area contributed by atoms with Gasteiger partial charge in [0.15, 0.2) is 0 Å². The van der Waals surface area contributed by atoms with Crippen molar-refractivity contribution in [2.75, 3.05) is 6.61 Å². The quantitative estimate of drug-likeness (QED) is 0.797. The molecule has 0 radical (unpaired) electrons. The smallest absolute Gasteiger partial charge is 0.310 e. The Morgan fingerprint density at radius 1 is 1.38 bits per heavy atom. The zero-order valence-corrected chi connectivity index (χ0v) is 13.0. The van der Waals surface area contributed by atoms with Gasteiger partial charge in [-0.2, -0.15) is 0 Å². The summed E-state index contributed by atoms with van der Waals surface area (Å²) in [4.78, 5) is 16.4. The molecule has 0 aliphatic rings. The summed E-state index contributed by atoms with van der Waals surface area (Å²) in [6.45, 7) is 4.90. The predicted molar refractivity (Wildman–Crippen MR) is 82.7 cm³/mol. The Balaban J connectivity index is 1.79. The summed E-state index contributed by atoms with van der Waals surface area (Å²) >= 11 is 1.66. The fourth-order valence-electron chi connectivity index (χ4n) is 1.97. The van der Waals surface area contributed by atoms with Crippen LogP contribution in [-0.2, 0) is 22.6 Å². The summed E-state index contributed by atoms with van der Waals surface area (Å²) in [6.07, 6.45) is 0.880. The molecule has 0 aliphatic carbocycles. The minimum absolute atomic E-state index is 0.478. The molecule has 1 aromatic carbocycles. The summed E-state index contributed by atoms with van der Waals surface area (Å²) in [7, 11) is 0. The zero-order chi connectivity index (χ0) is 15.2. The number of nitrogens with zero attached hydrogens (tertiary/aromatic N) is 1. The summed E-state index contributed by atoms with van der Waals surface area (Å²) in [5.41, 5.74) is 4.80. The van der Waals surface area contributed by atoms with Crippen molar-refractivity contribution in [1.82, 2.24) is 4.98 Å². The standard InChI is InChI=1S/C16H19NO3S/c1-11(16(18)19)14-5-3-13(4-6-14)9-20-8-7-15-12(2)17-10-21-15/h3-6,10-11H,7-9H2,1-2H3,(H,18,19). The van der Waals surface area contributed by atoms with Gasteiger partial charge in [0.2, 0.25) is 0 Å². The van der Waals surface area contributed by atoms with Crippen LogP contribution in [0.25, 0.3) is 0 Å². The molecular formula is C16H19NO3S. The Morgan fingerprint density at radius 2 is 2.10 bits per heavy atom. The van der Waals surface area contributed by atoms with E-state index >= 15 is 0 Å². The summed E-state index contributed by atoms with van der Waals surface area (Å²) in [5.74, 6) is -1.28. The van der Waals surface area contributed by atoms with Crippen LogP contribution in [0.4, 0.5) is 0 Å². The largest absolute Gasteiger partial charge is 0.481 e. The van der Waals surface area contributed by atoms with Gasteiger partial charge in [0.1, 0.15) is 0 Å². The van der Waals surface area contributed by atoms with Crippen molar-refractivity contribution >= 4 is 17.3 Å². The van der Waals surface area contributed by atoms with Crippen LogP contribution in [0.5, 0.6) is 0 Å². The van der Waals surface area contributed by atoms with Crippen LogP contribution in [0.15, 0.2) is 29.8 Å². The lowest BCUT2D eigenvalue weighted by Crippen LogP contribution is -2.07. The molecule has 2 rings (SSSR count). The third-order valence-electron chi connectivity index (χ3n) is 3.44. The van der Waals surface area contributed by atoms with Crippen LogP contribution in [0.1, 0.15) is 34.5 Å². The molecule has 0 bridgehead atoms. The number of aryl methyl sites for hydroxylation is 1. The molecule has 0 saturated carbocycles. The van der Waals surface area contributed by atoms with Gasteiger partial charge in [0.25, 0.3) is 0 Å². The van der Waals surface area contributed by atoms with Crippen molar-refractivity contribution in [1.29, 1.82) is 0 Å². The number of carboxylic acids is 1. The van der Waals surface area contributed by atoms with E-state index in [9.17, 15) is 4.79 Å². The van der Waals surface area contributed by atoms with Crippen molar-refractivity contribution in [3.63, 3.8) is 0 Å². The third kappa shape index (κ3) is 4.37. The molecule has 0 spiro atoms. The molecule has 1 unspecified atom stereocenters. The van der Waals surface area contributed by atoms with Gasteiger partial charge >= 0.3 is 5.97 Å². The molecule has 2 aromatic rings. The lowest BCUT2D eigenvalue weighted by atomic mass is 10.0. The minimum atomic E-state index is -0.807. The van der Waals surface area contributed by atoms with E-state index in [-0.39, 0.29) is 0 Å². The second kappa shape index (κ2) is 7.33. The lowest BCUT2D eigenvalue weighted by molar-refractivity contribution is -0.138. The molecule has 0 fully saturated rings. The first-order chi connectivity index (χ1) is 10.1. The van der Waals surface area contributed by atoms with Gasteiger partial charge in [-0.25, -0.2) is 4.98 Å². The van der Waals surface area contributed by atoms with E-state index in [0.29, 0.717) is 13.2 Å². The first kappa shape index (κ1) is 15.7. The predicted octanol–water partition coefficient (Wildman–Crippen LogP) is 3.40. The molecule has 0 amide bonds. The van der Waals surface area contributed by atoms with E-state index < -0.39 is 11.9 Å². The van der Waals surface area contributed by atoms with Gasteiger partial charge in [-0.1, -0.05) is 24.3 Å². The second-order valence-corrected chi connectivity index (χ2v) is 5.90. The highest BCUT2D eigenvalue weighted by molar-refractivity contribution is 7.09. The molecule has 1 N–H and O–H groups in total. The maximum Gasteiger partial charge on any atom is 0.310 e. The molecule has 0 saturated heterocycles. The number of thiazole rings is 1. The number of carboxylic acid groups (broad SMARTS) is 1. The first-order valence-electron chi connectivity index (χ1n) is 6.86. The van der Waals surface area contributed by atoms with Gasteiger partial charge in [-0.05, 0) is 25.0 Å². The highest BCUT2D eigenvalue weighted by Crippen LogP contribution is 2.17. The van der Waals surface area contributed by atoms with Crippen LogP contribution >= 0.6 is 11.3 Å². The maximum absolute atomic E-state index is 10.9. The number of rotatable bonds is 7. The SMILES string of the molecule is Cc1ncsc1CCOCc1ccc(C(C)C(=O)O)cc1. The van der Waals surface area contributed by atoms with Gasteiger partial charge < -0.3 is 9.84 Å². The number of benzene rings is 1. The van der Waals surface area contributed by atoms with Crippen LogP contribution in [0, 0.1) is 6.92 Å². The molecule has 1 atom stereocenters. The average Bonchev–Trinajstić information content (AvgIpc) is 2.89. The van der Waals surface area contributed by atoms with Gasteiger partial charge in [-0.15, -0.1) is 11.3 Å².